The molecule has 2 aromatic rings. The molecule has 0 bridgehead atoms. The van der Waals surface area contributed by atoms with Gasteiger partial charge in [0, 0.05) is 49.0 Å². The molecule has 3 rings (SSSR count). The van der Waals surface area contributed by atoms with Crippen molar-refractivity contribution in [2.24, 2.45) is 0 Å². The number of hydrogen-bond acceptors (Lipinski definition) is 4. The van der Waals surface area contributed by atoms with Gasteiger partial charge in [0.05, 0.1) is 11.4 Å². The van der Waals surface area contributed by atoms with E-state index in [0.717, 1.165) is 67.7 Å². The minimum absolute atomic E-state index is 0.184. The predicted molar refractivity (Wildman–Crippen MR) is 122 cm³/mol. The molecule has 29 heavy (non-hydrogen) atoms. The predicted octanol–water partition coefficient (Wildman–Crippen LogP) is 4.91. The van der Waals surface area contributed by atoms with Crippen molar-refractivity contribution in [3.8, 4) is 11.1 Å². The van der Waals surface area contributed by atoms with Crippen LogP contribution in [0.4, 0.5) is 11.4 Å². The van der Waals surface area contributed by atoms with Gasteiger partial charge in [0.25, 0.3) is 0 Å². The van der Waals surface area contributed by atoms with Gasteiger partial charge in [0.1, 0.15) is 0 Å². The van der Waals surface area contributed by atoms with Gasteiger partial charge in [0.15, 0.2) is 0 Å². The maximum Gasteiger partial charge on any atom is 0.0682 e. The lowest BCUT2D eigenvalue weighted by atomic mass is 9.96. The van der Waals surface area contributed by atoms with Gasteiger partial charge >= 0.3 is 0 Å². The van der Waals surface area contributed by atoms with E-state index in [1.807, 2.05) is 6.07 Å². The molecule has 0 spiro atoms. The summed E-state index contributed by atoms with van der Waals surface area (Å²) in [5.74, 6) is 0. The number of aryl methyl sites for hydroxylation is 1. The summed E-state index contributed by atoms with van der Waals surface area (Å²) in [4.78, 5) is 2.47. The van der Waals surface area contributed by atoms with E-state index in [0.29, 0.717) is 5.02 Å². The van der Waals surface area contributed by atoms with E-state index in [-0.39, 0.29) is 13.2 Å². The van der Waals surface area contributed by atoms with E-state index in [9.17, 15) is 0 Å². The molecule has 5 heteroatoms. The molecule has 3 N–H and O–H groups in total. The van der Waals surface area contributed by atoms with Crippen molar-refractivity contribution in [2.45, 2.75) is 44.9 Å². The number of nitrogens with zero attached hydrogens (tertiary/aromatic N) is 1. The third-order valence-corrected chi connectivity index (χ3v) is 5.78. The van der Waals surface area contributed by atoms with E-state index < -0.39 is 0 Å². The first-order valence-electron chi connectivity index (χ1n) is 10.8. The van der Waals surface area contributed by atoms with Crippen molar-refractivity contribution < 1.29 is 10.2 Å². The molecule has 0 saturated carbocycles. The monoisotopic (exact) mass is 415 g/mol. The van der Waals surface area contributed by atoms with E-state index in [2.05, 4.69) is 40.5 Å². The van der Waals surface area contributed by atoms with Crippen molar-refractivity contribution >= 4 is 23.0 Å². The van der Waals surface area contributed by atoms with Gasteiger partial charge in [-0.15, -0.1) is 0 Å². The summed E-state index contributed by atoms with van der Waals surface area (Å²) < 4.78 is 0. The van der Waals surface area contributed by atoms with Gasteiger partial charge in [-0.1, -0.05) is 23.7 Å². The molecule has 2 aromatic carbocycles. The number of para-hydroxylation sites is 1. The molecular weight excluding hydrogens is 384 g/mol. The van der Waals surface area contributed by atoms with E-state index in [4.69, 9.17) is 21.8 Å². The highest BCUT2D eigenvalue weighted by atomic mass is 35.5. The average Bonchev–Trinajstić information content (AvgIpc) is 2.76. The summed E-state index contributed by atoms with van der Waals surface area (Å²) >= 11 is 6.64. The first-order chi connectivity index (χ1) is 14.2. The summed E-state index contributed by atoms with van der Waals surface area (Å²) in [5, 5.41) is 22.5. The first kappa shape index (κ1) is 21.9. The molecule has 0 unspecified atom stereocenters. The number of benzene rings is 2. The number of aliphatic hydroxyl groups excluding tert-OH is 2. The maximum atomic E-state index is 9.16. The summed E-state index contributed by atoms with van der Waals surface area (Å²) in [6, 6.07) is 13.7. The Kier molecular flexibility index (Phi) is 8.66. The molecule has 4 nitrogen and oxygen atoms in total. The fourth-order valence-electron chi connectivity index (χ4n) is 3.96. The molecule has 157 valence electrons. The van der Waals surface area contributed by atoms with Crippen molar-refractivity contribution in [1.82, 2.24) is 0 Å². The zero-order valence-corrected chi connectivity index (χ0v) is 17.8. The molecule has 1 aliphatic heterocycles. The third-order valence-electron chi connectivity index (χ3n) is 5.46. The second-order valence-electron chi connectivity index (χ2n) is 7.65. The number of piperidine rings is 1. The number of halogens is 1. The Morgan fingerprint density at radius 1 is 1.00 bits per heavy atom. The van der Waals surface area contributed by atoms with Crippen LogP contribution in [-0.4, -0.2) is 43.1 Å². The number of nitrogens with one attached hydrogen (secondary N) is 1. The summed E-state index contributed by atoms with van der Waals surface area (Å²) in [7, 11) is 0. The highest BCUT2D eigenvalue weighted by Gasteiger charge is 2.20. The minimum atomic E-state index is 0.184. The van der Waals surface area contributed by atoms with Crippen LogP contribution < -0.4 is 10.2 Å². The van der Waals surface area contributed by atoms with Crippen molar-refractivity contribution in [1.29, 1.82) is 0 Å². The van der Waals surface area contributed by atoms with Crippen molar-refractivity contribution in [3.63, 3.8) is 0 Å². The Morgan fingerprint density at radius 3 is 2.55 bits per heavy atom. The van der Waals surface area contributed by atoms with Gasteiger partial charge in [-0.2, -0.15) is 0 Å². The summed E-state index contributed by atoms with van der Waals surface area (Å²) in [6.45, 7) is 3.24. The molecule has 1 radical (unpaired) electrons. The molecule has 1 heterocycles. The van der Waals surface area contributed by atoms with Crippen LogP contribution in [0.2, 0.25) is 5.02 Å². The number of aliphatic hydroxyl groups is 2. The largest absolute Gasteiger partial charge is 0.396 e. The van der Waals surface area contributed by atoms with Crippen LogP contribution in [0.1, 0.15) is 44.1 Å². The van der Waals surface area contributed by atoms with Gasteiger partial charge in [0.2, 0.25) is 0 Å². The van der Waals surface area contributed by atoms with Crippen LogP contribution in [-0.2, 0) is 6.42 Å². The molecule has 1 aliphatic rings. The Balaban J connectivity index is 1.99. The smallest absolute Gasteiger partial charge is 0.0682 e. The Labute approximate surface area is 179 Å². The zero-order chi connectivity index (χ0) is 20.5. The van der Waals surface area contributed by atoms with E-state index in [1.54, 1.807) is 0 Å². The van der Waals surface area contributed by atoms with Gasteiger partial charge < -0.3 is 20.4 Å². The molecule has 0 amide bonds. The van der Waals surface area contributed by atoms with Crippen LogP contribution in [0, 0.1) is 6.07 Å². The summed E-state index contributed by atoms with van der Waals surface area (Å²) in [6.07, 6.45) is 7.03. The van der Waals surface area contributed by atoms with Crippen molar-refractivity contribution in [3.05, 3.63) is 47.0 Å². The van der Waals surface area contributed by atoms with Crippen LogP contribution >= 0.6 is 11.6 Å². The fraction of sp³-hybridized carbons (Fsp3) is 0.500. The maximum absolute atomic E-state index is 9.16. The minimum Gasteiger partial charge on any atom is -0.396 e. The quantitative estimate of drug-likeness (QED) is 0.483. The zero-order valence-electron chi connectivity index (χ0n) is 17.1. The lowest BCUT2D eigenvalue weighted by molar-refractivity contribution is 0.284. The molecule has 1 fully saturated rings. The Hall–Kier alpha value is -1.75. The topological polar surface area (TPSA) is 55.7 Å². The van der Waals surface area contributed by atoms with Crippen LogP contribution in [0.15, 0.2) is 30.3 Å². The lowest BCUT2D eigenvalue weighted by Gasteiger charge is -2.33. The van der Waals surface area contributed by atoms with E-state index >= 15 is 0 Å². The standard InChI is InChI=1S/C24H32ClN2O2/c25-22-12-11-19(8-2-5-16-28)18-21(22)20-9-6-10-23(26-13-7-17-29)24(20)27-14-3-1-4-15-27/h6,9-10,12,18,26,28-29H,1-5,7-8,13-17H2. The Bertz CT molecular complexity index is 775. The molecular formula is C24H32ClN2O2. The highest BCUT2D eigenvalue weighted by Crippen LogP contribution is 2.41. The van der Waals surface area contributed by atoms with Crippen LogP contribution in [0.3, 0.4) is 0 Å². The van der Waals surface area contributed by atoms with E-state index in [1.165, 1.54) is 24.9 Å². The molecule has 0 atom stereocenters. The highest BCUT2D eigenvalue weighted by molar-refractivity contribution is 6.33. The van der Waals surface area contributed by atoms with Gasteiger partial charge in [-0.25, -0.2) is 0 Å². The normalized spacial score (nSPS) is 14.2. The summed E-state index contributed by atoms with van der Waals surface area (Å²) in [5.41, 5.74) is 5.61. The molecule has 0 aromatic heterocycles. The first-order valence-corrected chi connectivity index (χ1v) is 11.2. The number of rotatable bonds is 10. The Morgan fingerprint density at radius 2 is 1.79 bits per heavy atom. The fourth-order valence-corrected chi connectivity index (χ4v) is 4.17. The second-order valence-corrected chi connectivity index (χ2v) is 8.06. The average molecular weight is 416 g/mol. The number of anilines is 2. The third kappa shape index (κ3) is 5.88. The SMILES string of the molecule is OCCCCc1[c]cc(Cl)c(-c2cccc(NCCCO)c2N2CCCCC2)c1. The van der Waals surface area contributed by atoms with Gasteiger partial charge in [-0.05, 0) is 74.8 Å². The molecule has 1 saturated heterocycles. The lowest BCUT2D eigenvalue weighted by Crippen LogP contribution is -2.30. The molecule has 0 aliphatic carbocycles. The number of unbranched alkanes of at least 4 members (excludes halogenated alkanes) is 1. The van der Waals surface area contributed by atoms with Gasteiger partial charge in [-0.3, -0.25) is 0 Å². The second kappa shape index (κ2) is 11.4. The van der Waals surface area contributed by atoms with Crippen LogP contribution in [0.25, 0.3) is 11.1 Å². The van der Waals surface area contributed by atoms with Crippen LogP contribution in [0.5, 0.6) is 0 Å². The number of hydrogen-bond donors (Lipinski definition) is 3. The van der Waals surface area contributed by atoms with Crippen molar-refractivity contribution in [2.75, 3.05) is 43.1 Å².